The number of amides is 1. The van der Waals surface area contributed by atoms with E-state index in [9.17, 15) is 9.18 Å². The molecular weight excluding hydrogens is 257 g/mol. The molecule has 3 heterocycles. The number of carbonyl (C=O) groups excluding carboxylic acids is 1. The van der Waals surface area contributed by atoms with Gasteiger partial charge in [-0.05, 0) is 18.1 Å². The Morgan fingerprint density at radius 1 is 1.40 bits per heavy atom. The van der Waals surface area contributed by atoms with Gasteiger partial charge in [-0.15, -0.1) is 0 Å². The van der Waals surface area contributed by atoms with E-state index in [1.807, 2.05) is 0 Å². The van der Waals surface area contributed by atoms with E-state index in [4.69, 9.17) is 0 Å². The van der Waals surface area contributed by atoms with Crippen LogP contribution >= 0.6 is 0 Å². The summed E-state index contributed by atoms with van der Waals surface area (Å²) in [6, 6.07) is 3.33. The highest BCUT2D eigenvalue weighted by Crippen LogP contribution is 2.33. The van der Waals surface area contributed by atoms with Gasteiger partial charge in [0.25, 0.3) is 5.91 Å². The molecule has 0 aromatic carbocycles. The van der Waals surface area contributed by atoms with Crippen molar-refractivity contribution in [3.8, 4) is 11.3 Å². The lowest BCUT2D eigenvalue weighted by Gasteiger charge is -2.25. The van der Waals surface area contributed by atoms with Crippen LogP contribution in [0, 0.1) is 11.7 Å². The third kappa shape index (κ3) is 1.99. The van der Waals surface area contributed by atoms with Crippen molar-refractivity contribution in [1.29, 1.82) is 0 Å². The Morgan fingerprint density at radius 2 is 2.20 bits per heavy atom. The number of hydrogen-bond donors (Lipinski definition) is 2. The van der Waals surface area contributed by atoms with Crippen LogP contribution in [0.2, 0.25) is 0 Å². The van der Waals surface area contributed by atoms with Crippen LogP contribution in [0.25, 0.3) is 11.3 Å². The zero-order valence-corrected chi connectivity index (χ0v) is 11.4. The number of carbonyl (C=O) groups is 1. The topological polar surface area (TPSA) is 57.8 Å². The maximum absolute atomic E-state index is 13.8. The summed E-state index contributed by atoms with van der Waals surface area (Å²) in [5, 5.41) is 2.88. The first-order valence-corrected chi connectivity index (χ1v) is 6.69. The first kappa shape index (κ1) is 12.8. The molecule has 0 bridgehead atoms. The minimum absolute atomic E-state index is 0.103. The van der Waals surface area contributed by atoms with Crippen LogP contribution in [-0.2, 0) is 0 Å². The van der Waals surface area contributed by atoms with E-state index in [1.54, 1.807) is 12.1 Å². The van der Waals surface area contributed by atoms with Crippen molar-refractivity contribution < 1.29 is 9.18 Å². The number of aromatic nitrogens is 2. The SMILES string of the molecule is CC(C)[C@@H]1CNC(=O)c2cc(-c3ccncc3F)[nH]c21. The fraction of sp³-hybridized carbons (Fsp3) is 0.333. The molecule has 0 radical (unpaired) electrons. The van der Waals surface area contributed by atoms with Gasteiger partial charge in [-0.3, -0.25) is 9.78 Å². The van der Waals surface area contributed by atoms with E-state index >= 15 is 0 Å². The second-order valence-corrected chi connectivity index (χ2v) is 5.43. The minimum atomic E-state index is -0.396. The van der Waals surface area contributed by atoms with E-state index in [0.717, 1.165) is 5.69 Å². The van der Waals surface area contributed by atoms with Crippen LogP contribution < -0.4 is 5.32 Å². The van der Waals surface area contributed by atoms with Crippen molar-refractivity contribution in [1.82, 2.24) is 15.3 Å². The van der Waals surface area contributed by atoms with Gasteiger partial charge in [-0.25, -0.2) is 4.39 Å². The molecule has 0 fully saturated rings. The number of hydrogen-bond acceptors (Lipinski definition) is 2. The summed E-state index contributed by atoms with van der Waals surface area (Å²) in [7, 11) is 0. The number of rotatable bonds is 2. The molecule has 0 saturated heterocycles. The van der Waals surface area contributed by atoms with Gasteiger partial charge in [0.15, 0.2) is 5.82 Å². The monoisotopic (exact) mass is 273 g/mol. The summed E-state index contributed by atoms with van der Waals surface area (Å²) in [5.74, 6) is 0.117. The summed E-state index contributed by atoms with van der Waals surface area (Å²) >= 11 is 0. The normalized spacial score (nSPS) is 18.0. The van der Waals surface area contributed by atoms with E-state index < -0.39 is 5.82 Å². The molecule has 2 aromatic heterocycles. The first-order chi connectivity index (χ1) is 9.58. The second kappa shape index (κ2) is 4.74. The predicted molar refractivity (Wildman–Crippen MR) is 73.9 cm³/mol. The van der Waals surface area contributed by atoms with Crippen LogP contribution in [0.4, 0.5) is 4.39 Å². The number of halogens is 1. The molecule has 1 aliphatic heterocycles. The summed E-state index contributed by atoms with van der Waals surface area (Å²) < 4.78 is 13.8. The smallest absolute Gasteiger partial charge is 0.253 e. The molecule has 5 heteroatoms. The van der Waals surface area contributed by atoms with Gasteiger partial charge >= 0.3 is 0 Å². The van der Waals surface area contributed by atoms with E-state index in [2.05, 4.69) is 29.1 Å². The molecule has 3 rings (SSSR count). The molecule has 2 aromatic rings. The number of nitrogens with zero attached hydrogens (tertiary/aromatic N) is 1. The molecule has 4 nitrogen and oxygen atoms in total. The molecule has 104 valence electrons. The Kier molecular flexibility index (Phi) is 3.04. The maximum Gasteiger partial charge on any atom is 0.253 e. The fourth-order valence-electron chi connectivity index (χ4n) is 2.66. The van der Waals surface area contributed by atoms with Crippen LogP contribution in [0.3, 0.4) is 0 Å². The standard InChI is InChI=1S/C15H16FN3O/c1-8(2)11-6-18-15(20)10-5-13(19-14(10)11)9-3-4-17-7-12(9)16/h3-5,7-8,11,19H,6H2,1-2H3,(H,18,20)/t11-/m0/s1. The van der Waals surface area contributed by atoms with Crippen LogP contribution in [0.15, 0.2) is 24.5 Å². The lowest BCUT2D eigenvalue weighted by Crippen LogP contribution is -2.36. The van der Waals surface area contributed by atoms with Gasteiger partial charge in [0, 0.05) is 35.6 Å². The lowest BCUT2D eigenvalue weighted by atomic mass is 9.88. The number of nitrogens with one attached hydrogen (secondary N) is 2. The van der Waals surface area contributed by atoms with Crippen molar-refractivity contribution in [2.45, 2.75) is 19.8 Å². The van der Waals surface area contributed by atoms with E-state index in [0.29, 0.717) is 29.3 Å². The van der Waals surface area contributed by atoms with Crippen molar-refractivity contribution >= 4 is 5.91 Å². The van der Waals surface area contributed by atoms with Gasteiger partial charge in [-0.1, -0.05) is 13.8 Å². The van der Waals surface area contributed by atoms with E-state index in [-0.39, 0.29) is 11.8 Å². The van der Waals surface area contributed by atoms with Gasteiger partial charge in [0.1, 0.15) is 0 Å². The summed E-state index contributed by atoms with van der Waals surface area (Å²) in [4.78, 5) is 18.9. The molecule has 1 atom stereocenters. The zero-order chi connectivity index (χ0) is 14.3. The van der Waals surface area contributed by atoms with Crippen molar-refractivity contribution in [3.63, 3.8) is 0 Å². The third-order valence-corrected chi connectivity index (χ3v) is 3.81. The van der Waals surface area contributed by atoms with Gasteiger partial charge in [-0.2, -0.15) is 0 Å². The van der Waals surface area contributed by atoms with Crippen LogP contribution in [0.5, 0.6) is 0 Å². The molecule has 1 aliphatic rings. The first-order valence-electron chi connectivity index (χ1n) is 6.69. The van der Waals surface area contributed by atoms with Crippen LogP contribution in [0.1, 0.15) is 35.8 Å². The zero-order valence-electron chi connectivity index (χ0n) is 11.4. The Morgan fingerprint density at radius 3 is 2.90 bits per heavy atom. The molecule has 1 amide bonds. The van der Waals surface area contributed by atoms with Gasteiger partial charge in [0.05, 0.1) is 11.8 Å². The molecular formula is C15H16FN3O. The Bertz CT molecular complexity index is 663. The molecule has 0 saturated carbocycles. The van der Waals surface area contributed by atoms with Gasteiger partial charge < -0.3 is 10.3 Å². The lowest BCUT2D eigenvalue weighted by molar-refractivity contribution is 0.0936. The summed E-state index contributed by atoms with van der Waals surface area (Å²) in [6.07, 6.45) is 2.72. The third-order valence-electron chi connectivity index (χ3n) is 3.81. The largest absolute Gasteiger partial charge is 0.357 e. The highest BCUT2D eigenvalue weighted by atomic mass is 19.1. The Labute approximate surface area is 116 Å². The molecule has 20 heavy (non-hydrogen) atoms. The molecule has 2 N–H and O–H groups in total. The maximum atomic E-state index is 13.8. The number of pyridine rings is 1. The highest BCUT2D eigenvalue weighted by molar-refractivity contribution is 5.98. The number of fused-ring (bicyclic) bond motifs is 1. The quantitative estimate of drug-likeness (QED) is 0.884. The van der Waals surface area contributed by atoms with Crippen LogP contribution in [-0.4, -0.2) is 22.4 Å². The number of H-pyrrole nitrogens is 1. The summed E-state index contributed by atoms with van der Waals surface area (Å²) in [5.41, 5.74) is 2.57. The average molecular weight is 273 g/mol. The fourth-order valence-corrected chi connectivity index (χ4v) is 2.66. The molecule has 0 unspecified atom stereocenters. The Balaban J connectivity index is 2.11. The van der Waals surface area contributed by atoms with Gasteiger partial charge in [0.2, 0.25) is 0 Å². The predicted octanol–water partition coefficient (Wildman–Crippen LogP) is 2.70. The van der Waals surface area contributed by atoms with Crippen molar-refractivity contribution in [2.24, 2.45) is 5.92 Å². The Hall–Kier alpha value is -2.17. The van der Waals surface area contributed by atoms with Crippen molar-refractivity contribution in [3.05, 3.63) is 41.6 Å². The minimum Gasteiger partial charge on any atom is -0.357 e. The second-order valence-electron chi connectivity index (χ2n) is 5.43. The summed E-state index contributed by atoms with van der Waals surface area (Å²) in [6.45, 7) is 4.83. The highest BCUT2D eigenvalue weighted by Gasteiger charge is 2.30. The van der Waals surface area contributed by atoms with Crippen molar-refractivity contribution in [2.75, 3.05) is 6.54 Å². The number of aromatic amines is 1. The van der Waals surface area contributed by atoms with E-state index in [1.165, 1.54) is 12.4 Å². The average Bonchev–Trinajstić information content (AvgIpc) is 2.84. The molecule has 0 spiro atoms. The molecule has 0 aliphatic carbocycles.